The Kier molecular flexibility index (Phi) is 2.32. The van der Waals surface area contributed by atoms with Gasteiger partial charge >= 0.3 is 0 Å². The maximum atomic E-state index is 6.14. The number of benzene rings is 1. The quantitative estimate of drug-likeness (QED) is 0.797. The lowest BCUT2D eigenvalue weighted by Crippen LogP contribution is -2.20. The molecule has 14 heavy (non-hydrogen) atoms. The van der Waals surface area contributed by atoms with Crippen LogP contribution in [0.25, 0.3) is 0 Å². The van der Waals surface area contributed by atoms with Gasteiger partial charge in [-0.15, -0.1) is 0 Å². The zero-order chi connectivity index (χ0) is 10.3. The van der Waals surface area contributed by atoms with Gasteiger partial charge in [0, 0.05) is 17.0 Å². The minimum atomic E-state index is 0.251. The zero-order valence-corrected chi connectivity index (χ0v) is 9.49. The van der Waals surface area contributed by atoms with Gasteiger partial charge in [0.1, 0.15) is 0 Å². The minimum absolute atomic E-state index is 0.251. The van der Waals surface area contributed by atoms with E-state index in [9.17, 15) is 0 Å². The van der Waals surface area contributed by atoms with Crippen molar-refractivity contribution >= 4 is 11.6 Å². The molecule has 0 aromatic heterocycles. The lowest BCUT2D eigenvalue weighted by atomic mass is 9.91. The number of rotatable bonds is 2. The number of halogens is 1. The molecule has 0 amide bonds. The van der Waals surface area contributed by atoms with E-state index in [-0.39, 0.29) is 5.41 Å². The maximum absolute atomic E-state index is 6.14. The fourth-order valence-corrected chi connectivity index (χ4v) is 2.30. The highest BCUT2D eigenvalue weighted by Crippen LogP contribution is 2.49. The second kappa shape index (κ2) is 3.25. The molecule has 1 fully saturated rings. The molecule has 0 bridgehead atoms. The normalized spacial score (nSPS) is 18.3. The third-order valence-electron chi connectivity index (χ3n) is 3.32. The van der Waals surface area contributed by atoms with Crippen LogP contribution in [0.1, 0.15) is 29.5 Å². The van der Waals surface area contributed by atoms with E-state index >= 15 is 0 Å². The van der Waals surface area contributed by atoms with E-state index in [1.165, 1.54) is 24.0 Å². The number of hydrogen-bond donors (Lipinski definition) is 1. The summed E-state index contributed by atoms with van der Waals surface area (Å²) in [5, 5.41) is 0.866. The average Bonchev–Trinajstić information content (AvgIpc) is 2.92. The second-order valence-electron chi connectivity index (χ2n) is 4.40. The molecule has 1 nitrogen and oxygen atoms in total. The molecule has 0 unspecified atom stereocenters. The van der Waals surface area contributed by atoms with E-state index in [2.05, 4.69) is 19.1 Å². The average molecular weight is 210 g/mol. The Labute approximate surface area is 90.3 Å². The van der Waals surface area contributed by atoms with Crippen molar-refractivity contribution in [3.05, 3.63) is 33.8 Å². The van der Waals surface area contributed by atoms with Crippen LogP contribution in [-0.4, -0.2) is 6.54 Å². The van der Waals surface area contributed by atoms with Crippen LogP contribution in [0.5, 0.6) is 0 Å². The summed E-state index contributed by atoms with van der Waals surface area (Å²) >= 11 is 6.14. The number of hydrogen-bond acceptors (Lipinski definition) is 1. The predicted molar refractivity (Wildman–Crippen MR) is 60.9 cm³/mol. The molecule has 1 aliphatic rings. The summed E-state index contributed by atoms with van der Waals surface area (Å²) in [6, 6.07) is 4.26. The monoisotopic (exact) mass is 209 g/mol. The van der Waals surface area contributed by atoms with Crippen molar-refractivity contribution in [1.82, 2.24) is 0 Å². The zero-order valence-electron chi connectivity index (χ0n) is 8.73. The summed E-state index contributed by atoms with van der Waals surface area (Å²) in [5.41, 5.74) is 9.91. The van der Waals surface area contributed by atoms with Crippen molar-refractivity contribution in [1.29, 1.82) is 0 Å². The van der Waals surface area contributed by atoms with Gasteiger partial charge in [-0.2, -0.15) is 0 Å². The van der Waals surface area contributed by atoms with Gasteiger partial charge in [0.15, 0.2) is 0 Å². The molecule has 1 saturated carbocycles. The van der Waals surface area contributed by atoms with Gasteiger partial charge in [0.2, 0.25) is 0 Å². The Balaban J connectivity index is 2.49. The third-order valence-corrected chi connectivity index (χ3v) is 3.73. The minimum Gasteiger partial charge on any atom is -0.330 e. The fraction of sp³-hybridized carbons (Fsp3) is 0.500. The largest absolute Gasteiger partial charge is 0.330 e. The van der Waals surface area contributed by atoms with Crippen LogP contribution in [0, 0.1) is 13.8 Å². The molecule has 1 aliphatic carbocycles. The van der Waals surface area contributed by atoms with Crippen LogP contribution in [0.2, 0.25) is 5.02 Å². The van der Waals surface area contributed by atoms with Crippen LogP contribution < -0.4 is 5.73 Å². The molecule has 0 atom stereocenters. The van der Waals surface area contributed by atoms with Crippen molar-refractivity contribution in [3.63, 3.8) is 0 Å². The summed E-state index contributed by atoms with van der Waals surface area (Å²) < 4.78 is 0. The third kappa shape index (κ3) is 1.45. The van der Waals surface area contributed by atoms with Crippen LogP contribution in [0.15, 0.2) is 12.1 Å². The summed E-state index contributed by atoms with van der Waals surface area (Å²) in [7, 11) is 0. The Morgan fingerprint density at radius 1 is 1.29 bits per heavy atom. The Morgan fingerprint density at radius 3 is 2.43 bits per heavy atom. The van der Waals surface area contributed by atoms with Crippen LogP contribution in [0.3, 0.4) is 0 Å². The van der Waals surface area contributed by atoms with Gasteiger partial charge in [0.05, 0.1) is 0 Å². The summed E-state index contributed by atoms with van der Waals surface area (Å²) in [6.07, 6.45) is 2.42. The molecule has 0 saturated heterocycles. The molecule has 2 rings (SSSR count). The van der Waals surface area contributed by atoms with Gasteiger partial charge in [-0.1, -0.05) is 17.7 Å². The van der Waals surface area contributed by atoms with Crippen molar-refractivity contribution in [2.24, 2.45) is 5.73 Å². The van der Waals surface area contributed by atoms with Gasteiger partial charge < -0.3 is 5.73 Å². The Bertz CT molecular complexity index is 367. The second-order valence-corrected chi connectivity index (χ2v) is 4.81. The Morgan fingerprint density at radius 2 is 1.93 bits per heavy atom. The highest BCUT2D eigenvalue weighted by atomic mass is 35.5. The molecule has 1 aromatic rings. The van der Waals surface area contributed by atoms with E-state index in [4.69, 9.17) is 17.3 Å². The van der Waals surface area contributed by atoms with Crippen molar-refractivity contribution in [2.45, 2.75) is 32.1 Å². The SMILES string of the molecule is Cc1cc(C)c(C2(CN)CC2)cc1Cl. The molecule has 2 N–H and O–H groups in total. The molecule has 0 heterocycles. The van der Waals surface area contributed by atoms with Gasteiger partial charge in [-0.3, -0.25) is 0 Å². The molecular weight excluding hydrogens is 194 g/mol. The van der Waals surface area contributed by atoms with E-state index in [0.717, 1.165) is 17.1 Å². The fourth-order valence-electron chi connectivity index (χ4n) is 2.13. The van der Waals surface area contributed by atoms with Crippen molar-refractivity contribution < 1.29 is 0 Å². The first-order valence-corrected chi connectivity index (χ1v) is 5.44. The van der Waals surface area contributed by atoms with Crippen molar-refractivity contribution in [3.8, 4) is 0 Å². The summed E-state index contributed by atoms with van der Waals surface area (Å²) in [5.74, 6) is 0. The summed E-state index contributed by atoms with van der Waals surface area (Å²) in [6.45, 7) is 4.93. The van der Waals surface area contributed by atoms with Crippen LogP contribution in [-0.2, 0) is 5.41 Å². The lowest BCUT2D eigenvalue weighted by molar-refractivity contribution is 0.699. The molecule has 0 radical (unpaired) electrons. The molecule has 2 heteroatoms. The first-order valence-electron chi connectivity index (χ1n) is 5.06. The smallest absolute Gasteiger partial charge is 0.0438 e. The lowest BCUT2D eigenvalue weighted by Gasteiger charge is -2.17. The topological polar surface area (TPSA) is 26.0 Å². The van der Waals surface area contributed by atoms with E-state index in [1.54, 1.807) is 0 Å². The number of nitrogens with two attached hydrogens (primary N) is 1. The predicted octanol–water partition coefficient (Wildman–Crippen LogP) is 2.95. The number of aryl methyl sites for hydroxylation is 2. The first-order chi connectivity index (χ1) is 6.59. The highest BCUT2D eigenvalue weighted by molar-refractivity contribution is 6.31. The standard InChI is InChI=1S/C12H16ClN/c1-8-5-9(2)11(13)6-10(8)12(7-14)3-4-12/h5-6H,3-4,7,14H2,1-2H3. The van der Waals surface area contributed by atoms with Gasteiger partial charge in [-0.25, -0.2) is 0 Å². The van der Waals surface area contributed by atoms with Crippen molar-refractivity contribution in [2.75, 3.05) is 6.54 Å². The maximum Gasteiger partial charge on any atom is 0.0438 e. The molecule has 0 aliphatic heterocycles. The molecule has 1 aromatic carbocycles. The highest BCUT2D eigenvalue weighted by Gasteiger charge is 2.43. The van der Waals surface area contributed by atoms with E-state index in [1.807, 2.05) is 6.92 Å². The molecular formula is C12H16ClN. The van der Waals surface area contributed by atoms with Crippen LogP contribution in [0.4, 0.5) is 0 Å². The Hall–Kier alpha value is -0.530. The first kappa shape index (κ1) is 10.0. The van der Waals surface area contributed by atoms with E-state index in [0.29, 0.717) is 0 Å². The molecule has 76 valence electrons. The van der Waals surface area contributed by atoms with Crippen LogP contribution >= 0.6 is 11.6 Å². The van der Waals surface area contributed by atoms with Gasteiger partial charge in [-0.05, 0) is 49.4 Å². The molecule has 0 spiro atoms. The van der Waals surface area contributed by atoms with E-state index < -0.39 is 0 Å². The van der Waals surface area contributed by atoms with Gasteiger partial charge in [0.25, 0.3) is 0 Å². The summed E-state index contributed by atoms with van der Waals surface area (Å²) in [4.78, 5) is 0.